The van der Waals surface area contributed by atoms with E-state index in [9.17, 15) is 9.90 Å². The summed E-state index contributed by atoms with van der Waals surface area (Å²) in [4.78, 5) is 16.4. The van der Waals surface area contributed by atoms with Crippen molar-refractivity contribution in [1.82, 2.24) is 9.80 Å². The smallest absolute Gasteiger partial charge is 0.320 e. The number of carboxylic acid groups (broad SMARTS) is 1. The summed E-state index contributed by atoms with van der Waals surface area (Å²) in [6, 6.07) is 0.282. The number of aliphatic carboxylic acids is 1. The van der Waals surface area contributed by atoms with Crippen LogP contribution in [0.1, 0.15) is 38.5 Å². The molecule has 0 aromatic heterocycles. The molecule has 4 nitrogen and oxygen atoms in total. The average molecular weight is 252 g/mol. The van der Waals surface area contributed by atoms with E-state index in [0.717, 1.165) is 31.8 Å². The molecular weight excluding hydrogens is 228 g/mol. The maximum absolute atomic E-state index is 11.5. The van der Waals surface area contributed by atoms with Gasteiger partial charge in [0.05, 0.1) is 0 Å². The Morgan fingerprint density at radius 2 is 1.78 bits per heavy atom. The zero-order valence-electron chi connectivity index (χ0n) is 11.1. The number of carbonyl (C=O) groups is 1. The van der Waals surface area contributed by atoms with Gasteiger partial charge in [0.25, 0.3) is 0 Å². The molecule has 0 saturated carbocycles. The summed E-state index contributed by atoms with van der Waals surface area (Å²) >= 11 is 0. The highest BCUT2D eigenvalue weighted by atomic mass is 16.4. The molecule has 4 saturated heterocycles. The van der Waals surface area contributed by atoms with Crippen LogP contribution in [-0.4, -0.2) is 59.1 Å². The molecule has 2 atom stereocenters. The van der Waals surface area contributed by atoms with Gasteiger partial charge in [0.2, 0.25) is 0 Å². The van der Waals surface area contributed by atoms with Crippen LogP contribution in [0, 0.1) is 5.92 Å². The normalized spacial score (nSPS) is 41.6. The van der Waals surface area contributed by atoms with Crippen LogP contribution >= 0.6 is 0 Å². The Kier molecular flexibility index (Phi) is 3.57. The van der Waals surface area contributed by atoms with Gasteiger partial charge in [-0.3, -0.25) is 9.69 Å². The Hall–Kier alpha value is -0.610. The van der Waals surface area contributed by atoms with Gasteiger partial charge in [0, 0.05) is 12.6 Å². The van der Waals surface area contributed by atoms with Crippen LogP contribution in [0.2, 0.25) is 0 Å². The lowest BCUT2D eigenvalue weighted by atomic mass is 9.82. The first kappa shape index (κ1) is 12.4. The molecule has 0 spiro atoms. The summed E-state index contributed by atoms with van der Waals surface area (Å²) in [5, 5.41) is 9.48. The molecule has 4 rings (SSSR count). The number of piperidine rings is 3. The predicted molar refractivity (Wildman–Crippen MR) is 69.5 cm³/mol. The van der Waals surface area contributed by atoms with Gasteiger partial charge in [-0.15, -0.1) is 0 Å². The zero-order valence-corrected chi connectivity index (χ0v) is 11.1. The van der Waals surface area contributed by atoms with Gasteiger partial charge in [-0.25, -0.2) is 0 Å². The first-order valence-electron chi connectivity index (χ1n) is 7.46. The standard InChI is InChI=1S/C14H24N2O2/c17-14(18)12-4-2-1-3-7-16(12)13-10-15-8-5-11(13)6-9-15/h11-13H,1-10H2,(H,17,18). The topological polar surface area (TPSA) is 43.8 Å². The van der Waals surface area contributed by atoms with E-state index in [0.29, 0.717) is 6.04 Å². The maximum atomic E-state index is 11.5. The van der Waals surface area contributed by atoms with E-state index in [-0.39, 0.29) is 6.04 Å². The molecule has 18 heavy (non-hydrogen) atoms. The fourth-order valence-electron chi connectivity index (χ4n) is 4.10. The van der Waals surface area contributed by atoms with Crippen molar-refractivity contribution in [1.29, 1.82) is 0 Å². The molecule has 0 radical (unpaired) electrons. The summed E-state index contributed by atoms with van der Waals surface area (Å²) < 4.78 is 0. The second kappa shape index (κ2) is 5.17. The molecular formula is C14H24N2O2. The maximum Gasteiger partial charge on any atom is 0.320 e. The van der Waals surface area contributed by atoms with Crippen molar-refractivity contribution < 1.29 is 9.90 Å². The third kappa shape index (κ3) is 2.28. The van der Waals surface area contributed by atoms with Crippen molar-refractivity contribution in [3.05, 3.63) is 0 Å². The minimum Gasteiger partial charge on any atom is -0.480 e. The summed E-state index contributed by atoms with van der Waals surface area (Å²) in [5.41, 5.74) is 0. The first-order valence-corrected chi connectivity index (χ1v) is 7.46. The van der Waals surface area contributed by atoms with E-state index in [1.54, 1.807) is 0 Å². The van der Waals surface area contributed by atoms with Crippen molar-refractivity contribution in [3.8, 4) is 0 Å². The van der Waals surface area contributed by atoms with Crippen LogP contribution in [0.3, 0.4) is 0 Å². The highest BCUT2D eigenvalue weighted by Crippen LogP contribution is 2.33. The van der Waals surface area contributed by atoms with Gasteiger partial charge >= 0.3 is 5.97 Å². The lowest BCUT2D eigenvalue weighted by Gasteiger charge is -2.50. The van der Waals surface area contributed by atoms with Crippen LogP contribution in [0.5, 0.6) is 0 Å². The number of likely N-dealkylation sites (tertiary alicyclic amines) is 1. The monoisotopic (exact) mass is 252 g/mol. The van der Waals surface area contributed by atoms with Gasteiger partial charge in [-0.2, -0.15) is 0 Å². The van der Waals surface area contributed by atoms with Crippen LogP contribution in [0.4, 0.5) is 0 Å². The van der Waals surface area contributed by atoms with Gasteiger partial charge in [-0.1, -0.05) is 12.8 Å². The molecule has 0 aliphatic carbocycles. The van der Waals surface area contributed by atoms with E-state index in [2.05, 4.69) is 9.80 Å². The molecule has 0 amide bonds. The van der Waals surface area contributed by atoms with Crippen molar-refractivity contribution in [2.24, 2.45) is 5.92 Å². The lowest BCUT2D eigenvalue weighted by Crippen LogP contribution is -2.60. The summed E-state index contributed by atoms with van der Waals surface area (Å²) in [7, 11) is 0. The van der Waals surface area contributed by atoms with Crippen molar-refractivity contribution >= 4 is 5.97 Å². The Morgan fingerprint density at radius 3 is 2.39 bits per heavy atom. The van der Waals surface area contributed by atoms with Crippen LogP contribution in [0.15, 0.2) is 0 Å². The quantitative estimate of drug-likeness (QED) is 0.807. The van der Waals surface area contributed by atoms with E-state index < -0.39 is 5.97 Å². The molecule has 2 unspecified atom stereocenters. The minimum atomic E-state index is -0.603. The minimum absolute atomic E-state index is 0.224. The Balaban J connectivity index is 1.77. The average Bonchev–Trinajstić information content (AvgIpc) is 2.65. The number of carboxylic acids is 1. The summed E-state index contributed by atoms with van der Waals surface area (Å²) in [6.07, 6.45) is 6.84. The molecule has 4 aliphatic rings. The summed E-state index contributed by atoms with van der Waals surface area (Å²) in [6.45, 7) is 4.56. The van der Waals surface area contributed by atoms with Gasteiger partial charge in [0.1, 0.15) is 6.04 Å². The molecule has 2 bridgehead atoms. The lowest BCUT2D eigenvalue weighted by molar-refractivity contribution is -0.146. The number of hydrogen-bond acceptors (Lipinski definition) is 3. The van der Waals surface area contributed by atoms with Gasteiger partial charge in [0.15, 0.2) is 0 Å². The van der Waals surface area contributed by atoms with E-state index in [1.165, 1.54) is 38.8 Å². The largest absolute Gasteiger partial charge is 0.480 e. The number of rotatable bonds is 2. The number of hydrogen-bond donors (Lipinski definition) is 1. The van der Waals surface area contributed by atoms with E-state index in [4.69, 9.17) is 0 Å². The van der Waals surface area contributed by atoms with Crippen LogP contribution in [0.25, 0.3) is 0 Å². The van der Waals surface area contributed by atoms with Crippen molar-refractivity contribution in [2.75, 3.05) is 26.2 Å². The Labute approximate surface area is 109 Å². The second-order valence-electron chi connectivity index (χ2n) is 6.15. The fraction of sp³-hybridized carbons (Fsp3) is 0.929. The summed E-state index contributed by atoms with van der Waals surface area (Å²) in [5.74, 6) is 0.142. The van der Waals surface area contributed by atoms with Gasteiger partial charge in [-0.05, 0) is 51.2 Å². The van der Waals surface area contributed by atoms with Crippen LogP contribution in [-0.2, 0) is 4.79 Å². The fourth-order valence-corrected chi connectivity index (χ4v) is 4.10. The molecule has 4 heterocycles. The van der Waals surface area contributed by atoms with Crippen molar-refractivity contribution in [3.63, 3.8) is 0 Å². The van der Waals surface area contributed by atoms with E-state index >= 15 is 0 Å². The molecule has 4 heteroatoms. The highest BCUT2D eigenvalue weighted by molar-refractivity contribution is 5.73. The Bertz CT molecular complexity index is 313. The third-order valence-electron chi connectivity index (χ3n) is 5.13. The molecule has 4 fully saturated rings. The molecule has 4 aliphatic heterocycles. The number of nitrogens with zero attached hydrogens (tertiary/aromatic N) is 2. The highest BCUT2D eigenvalue weighted by Gasteiger charge is 2.41. The molecule has 0 aromatic rings. The van der Waals surface area contributed by atoms with Crippen molar-refractivity contribution in [2.45, 2.75) is 50.6 Å². The first-order chi connectivity index (χ1) is 8.75. The molecule has 0 aromatic carbocycles. The molecule has 1 N–H and O–H groups in total. The number of fused-ring (bicyclic) bond motifs is 3. The van der Waals surface area contributed by atoms with E-state index in [1.807, 2.05) is 0 Å². The third-order valence-corrected chi connectivity index (χ3v) is 5.13. The molecule has 102 valence electrons. The Morgan fingerprint density at radius 1 is 1.00 bits per heavy atom. The SMILES string of the molecule is O=C(O)C1CCCCCN1C1CN2CCC1CC2. The second-order valence-corrected chi connectivity index (χ2v) is 6.15. The zero-order chi connectivity index (χ0) is 12.5. The van der Waals surface area contributed by atoms with Gasteiger partial charge < -0.3 is 10.0 Å². The van der Waals surface area contributed by atoms with Crippen LogP contribution < -0.4 is 0 Å². The predicted octanol–water partition coefficient (Wildman–Crippen LogP) is 1.41.